The molecule has 0 saturated heterocycles. The maximum Gasteiger partial charge on any atom is 0.351 e. The summed E-state index contributed by atoms with van der Waals surface area (Å²) in [5, 5.41) is 0. The molecule has 2 aliphatic rings. The fraction of sp³-hybridized carbons (Fsp3) is 0.444. The van der Waals surface area contributed by atoms with Crippen molar-refractivity contribution in [2.24, 2.45) is 15.9 Å². The summed E-state index contributed by atoms with van der Waals surface area (Å²) in [4.78, 5) is 8.42. The molecule has 0 saturated carbocycles. The van der Waals surface area contributed by atoms with Crippen molar-refractivity contribution < 1.29 is 4.58 Å². The van der Waals surface area contributed by atoms with E-state index in [2.05, 4.69) is 28.4 Å². The van der Waals surface area contributed by atoms with Gasteiger partial charge in [-0.05, 0) is 0 Å². The van der Waals surface area contributed by atoms with Gasteiger partial charge in [-0.25, -0.2) is 4.99 Å². The molecular weight excluding hydrogens is 150 g/mol. The summed E-state index contributed by atoms with van der Waals surface area (Å²) in [6.45, 7) is 4.35. The predicted octanol–water partition coefficient (Wildman–Crippen LogP) is 1.06. The van der Waals surface area contributed by atoms with E-state index in [-0.39, 0.29) is 6.29 Å². The molecule has 2 heterocycles. The molecule has 0 N–H and O–H groups in total. The van der Waals surface area contributed by atoms with E-state index < -0.39 is 0 Å². The number of rotatable bonds is 1. The van der Waals surface area contributed by atoms with Gasteiger partial charge in [-0.2, -0.15) is 9.57 Å². The largest absolute Gasteiger partial charge is 0.351 e. The molecule has 1 unspecified atom stereocenters. The highest BCUT2D eigenvalue weighted by atomic mass is 15.3. The lowest BCUT2D eigenvalue weighted by Gasteiger charge is -2.11. The van der Waals surface area contributed by atoms with Crippen LogP contribution < -0.4 is 0 Å². The summed E-state index contributed by atoms with van der Waals surface area (Å²) in [7, 11) is 0. The van der Waals surface area contributed by atoms with E-state index in [4.69, 9.17) is 0 Å². The molecule has 62 valence electrons. The minimum atomic E-state index is -0.0209. The molecule has 0 spiro atoms. The van der Waals surface area contributed by atoms with Crippen molar-refractivity contribution in [1.82, 2.24) is 0 Å². The van der Waals surface area contributed by atoms with Crippen molar-refractivity contribution in [3.05, 3.63) is 11.8 Å². The van der Waals surface area contributed by atoms with Crippen LogP contribution in [0, 0.1) is 5.92 Å². The van der Waals surface area contributed by atoms with Crippen molar-refractivity contribution >= 4 is 18.6 Å². The average molecular weight is 162 g/mol. The molecule has 0 radical (unpaired) electrons. The summed E-state index contributed by atoms with van der Waals surface area (Å²) in [5.41, 5.74) is 1.28. The maximum absolute atomic E-state index is 4.22. The van der Waals surface area contributed by atoms with E-state index in [0.29, 0.717) is 5.92 Å². The Morgan fingerprint density at radius 1 is 1.33 bits per heavy atom. The SMILES string of the molecule is CC(C)C1=CC=NC2N=CC=[N+]12. The Labute approximate surface area is 71.9 Å². The monoisotopic (exact) mass is 162 g/mol. The number of hydrogen-bond acceptors (Lipinski definition) is 2. The Bertz CT molecular complexity index is 308. The van der Waals surface area contributed by atoms with Crippen LogP contribution in [0.2, 0.25) is 0 Å². The number of nitrogens with zero attached hydrogens (tertiary/aromatic N) is 3. The van der Waals surface area contributed by atoms with Crippen LogP contribution in [-0.2, 0) is 0 Å². The maximum atomic E-state index is 4.22. The molecule has 3 heteroatoms. The normalized spacial score (nSPS) is 25.8. The van der Waals surface area contributed by atoms with E-state index in [9.17, 15) is 0 Å². The fourth-order valence-corrected chi connectivity index (χ4v) is 1.44. The molecule has 0 aromatic heterocycles. The molecule has 0 amide bonds. The highest BCUT2D eigenvalue weighted by Crippen LogP contribution is 2.18. The second kappa shape index (κ2) is 2.66. The Kier molecular flexibility index (Phi) is 1.64. The van der Waals surface area contributed by atoms with Crippen LogP contribution >= 0.6 is 0 Å². The first-order chi connectivity index (χ1) is 5.79. The lowest BCUT2D eigenvalue weighted by atomic mass is 10.1. The molecule has 0 aromatic carbocycles. The molecule has 12 heavy (non-hydrogen) atoms. The summed E-state index contributed by atoms with van der Waals surface area (Å²) in [6.07, 6.45) is 7.66. The average Bonchev–Trinajstić information content (AvgIpc) is 2.49. The van der Waals surface area contributed by atoms with Crippen LogP contribution in [0.25, 0.3) is 0 Å². The molecule has 1 atom stereocenters. The first kappa shape index (κ1) is 7.40. The van der Waals surface area contributed by atoms with Gasteiger partial charge in [0.1, 0.15) is 0 Å². The number of allylic oxidation sites excluding steroid dienone is 2. The molecule has 2 rings (SSSR count). The molecule has 0 aliphatic carbocycles. The van der Waals surface area contributed by atoms with Crippen LogP contribution in [0.1, 0.15) is 13.8 Å². The highest BCUT2D eigenvalue weighted by molar-refractivity contribution is 6.14. The molecule has 3 nitrogen and oxygen atoms in total. The molecule has 2 aliphatic heterocycles. The lowest BCUT2D eigenvalue weighted by Crippen LogP contribution is -2.25. The molecule has 0 aromatic rings. The van der Waals surface area contributed by atoms with Crippen LogP contribution in [0.15, 0.2) is 21.8 Å². The summed E-state index contributed by atoms with van der Waals surface area (Å²) < 4.78 is 2.10. The second-order valence-corrected chi connectivity index (χ2v) is 3.25. The Morgan fingerprint density at radius 2 is 2.08 bits per heavy atom. The van der Waals surface area contributed by atoms with Gasteiger partial charge in [0, 0.05) is 18.2 Å². The number of hydrogen-bond donors (Lipinski definition) is 0. The lowest BCUT2D eigenvalue weighted by molar-refractivity contribution is -0.512. The van der Waals surface area contributed by atoms with Crippen molar-refractivity contribution in [2.75, 3.05) is 0 Å². The first-order valence-corrected chi connectivity index (χ1v) is 4.17. The van der Waals surface area contributed by atoms with Crippen molar-refractivity contribution in [1.29, 1.82) is 0 Å². The van der Waals surface area contributed by atoms with Gasteiger partial charge in [0.15, 0.2) is 11.9 Å². The van der Waals surface area contributed by atoms with E-state index in [1.807, 2.05) is 24.7 Å². The summed E-state index contributed by atoms with van der Waals surface area (Å²) in [5.74, 6) is 0.525. The standard InChI is InChI=1S/C9H12N3/c1-7(2)8-3-4-10-9-11-5-6-12(8)9/h3-7,9H,1-2H3/q+1. The topological polar surface area (TPSA) is 27.7 Å². The first-order valence-electron chi connectivity index (χ1n) is 4.17. The minimum absolute atomic E-state index is 0.0209. The van der Waals surface area contributed by atoms with Gasteiger partial charge in [0.25, 0.3) is 0 Å². The van der Waals surface area contributed by atoms with Gasteiger partial charge in [-0.3, -0.25) is 0 Å². The predicted molar refractivity (Wildman–Crippen MR) is 50.0 cm³/mol. The number of aliphatic imine (C=N–C) groups is 2. The van der Waals surface area contributed by atoms with Gasteiger partial charge in [0.2, 0.25) is 0 Å². The Balaban J connectivity index is 2.35. The van der Waals surface area contributed by atoms with Crippen molar-refractivity contribution in [3.63, 3.8) is 0 Å². The van der Waals surface area contributed by atoms with Crippen molar-refractivity contribution in [2.45, 2.75) is 20.1 Å². The van der Waals surface area contributed by atoms with Crippen LogP contribution in [0.3, 0.4) is 0 Å². The third-order valence-electron chi connectivity index (χ3n) is 2.05. The Morgan fingerprint density at radius 3 is 2.83 bits per heavy atom. The van der Waals surface area contributed by atoms with Gasteiger partial charge in [-0.15, -0.1) is 0 Å². The summed E-state index contributed by atoms with van der Waals surface area (Å²) in [6, 6.07) is 0. The van der Waals surface area contributed by atoms with E-state index in [0.717, 1.165) is 0 Å². The van der Waals surface area contributed by atoms with Crippen LogP contribution in [-0.4, -0.2) is 29.5 Å². The smallest absolute Gasteiger partial charge is 0.203 e. The van der Waals surface area contributed by atoms with Gasteiger partial charge < -0.3 is 0 Å². The van der Waals surface area contributed by atoms with Gasteiger partial charge in [-0.1, -0.05) is 13.8 Å². The molecule has 0 bridgehead atoms. The van der Waals surface area contributed by atoms with E-state index in [1.165, 1.54) is 5.70 Å². The summed E-state index contributed by atoms with van der Waals surface area (Å²) >= 11 is 0. The number of fused-ring (bicyclic) bond motifs is 1. The van der Waals surface area contributed by atoms with E-state index >= 15 is 0 Å². The Hall–Kier alpha value is -1.25. The second-order valence-electron chi connectivity index (χ2n) is 3.25. The molecular formula is C9H12N3+. The third kappa shape index (κ3) is 1.02. The zero-order valence-corrected chi connectivity index (χ0v) is 7.31. The third-order valence-corrected chi connectivity index (χ3v) is 2.05. The quantitative estimate of drug-likeness (QED) is 0.516. The zero-order chi connectivity index (χ0) is 8.55. The van der Waals surface area contributed by atoms with E-state index in [1.54, 1.807) is 0 Å². The fourth-order valence-electron chi connectivity index (χ4n) is 1.44. The highest BCUT2D eigenvalue weighted by Gasteiger charge is 2.29. The molecule has 0 fully saturated rings. The van der Waals surface area contributed by atoms with Crippen LogP contribution in [0.5, 0.6) is 0 Å². The van der Waals surface area contributed by atoms with Crippen molar-refractivity contribution in [3.8, 4) is 0 Å². The van der Waals surface area contributed by atoms with Gasteiger partial charge >= 0.3 is 6.29 Å². The van der Waals surface area contributed by atoms with Gasteiger partial charge in [0.05, 0.1) is 6.21 Å². The zero-order valence-electron chi connectivity index (χ0n) is 7.31. The minimum Gasteiger partial charge on any atom is -0.203 e. The van der Waals surface area contributed by atoms with Crippen LogP contribution in [0.4, 0.5) is 0 Å².